The molecule has 0 radical (unpaired) electrons. The fraction of sp³-hybridized carbons (Fsp3) is 0.565. The van der Waals surface area contributed by atoms with E-state index in [1.54, 1.807) is 14.2 Å². The molecular formula is C23H34O2. The number of methoxy groups -OCH3 is 2. The minimum atomic E-state index is 0.562. The van der Waals surface area contributed by atoms with E-state index in [2.05, 4.69) is 43.3 Å². The average Bonchev–Trinajstić information content (AvgIpc) is 2.65. The Kier molecular flexibility index (Phi) is 8.65. The van der Waals surface area contributed by atoms with Crippen LogP contribution in [0.4, 0.5) is 0 Å². The lowest BCUT2D eigenvalue weighted by Crippen LogP contribution is -2.11. The van der Waals surface area contributed by atoms with Gasteiger partial charge in [-0.1, -0.05) is 62.4 Å². The van der Waals surface area contributed by atoms with Gasteiger partial charge in [0.2, 0.25) is 0 Å². The van der Waals surface area contributed by atoms with E-state index in [9.17, 15) is 0 Å². The van der Waals surface area contributed by atoms with Gasteiger partial charge in [0.1, 0.15) is 11.5 Å². The van der Waals surface area contributed by atoms with E-state index in [-0.39, 0.29) is 0 Å². The van der Waals surface area contributed by atoms with Crippen LogP contribution in [0.3, 0.4) is 0 Å². The molecule has 0 N–H and O–H groups in total. The fourth-order valence-electron chi connectivity index (χ4n) is 3.66. The summed E-state index contributed by atoms with van der Waals surface area (Å²) in [4.78, 5) is 0. The summed E-state index contributed by atoms with van der Waals surface area (Å²) in [5, 5.41) is 0. The summed E-state index contributed by atoms with van der Waals surface area (Å²) in [7, 11) is 3.52. The minimum Gasteiger partial charge on any atom is -0.501 e. The average molecular weight is 343 g/mol. The molecule has 2 rings (SSSR count). The Labute approximate surface area is 153 Å². The molecule has 1 unspecified atom stereocenters. The molecule has 0 aromatic heterocycles. The first kappa shape index (κ1) is 19.6. The van der Waals surface area contributed by atoms with Gasteiger partial charge in [0.05, 0.1) is 14.2 Å². The lowest BCUT2D eigenvalue weighted by atomic mass is 9.89. The molecule has 0 heterocycles. The SMILES string of the molecule is COC1=CC(CCCCCCCCc2ccccc2)CC(OC)=C1C. The van der Waals surface area contributed by atoms with E-state index >= 15 is 0 Å². The Hall–Kier alpha value is -1.70. The molecule has 2 nitrogen and oxygen atoms in total. The Balaban J connectivity index is 1.55. The topological polar surface area (TPSA) is 18.5 Å². The van der Waals surface area contributed by atoms with Gasteiger partial charge in [0, 0.05) is 12.0 Å². The molecule has 0 fully saturated rings. The van der Waals surface area contributed by atoms with Gasteiger partial charge < -0.3 is 9.47 Å². The summed E-state index contributed by atoms with van der Waals surface area (Å²) >= 11 is 0. The van der Waals surface area contributed by atoms with Gasteiger partial charge in [0.15, 0.2) is 0 Å². The molecule has 1 aliphatic carbocycles. The predicted molar refractivity (Wildman–Crippen MR) is 105 cm³/mol. The lowest BCUT2D eigenvalue weighted by molar-refractivity contribution is 0.233. The van der Waals surface area contributed by atoms with Crippen molar-refractivity contribution in [1.82, 2.24) is 0 Å². The van der Waals surface area contributed by atoms with Crippen molar-refractivity contribution < 1.29 is 9.47 Å². The number of aryl methyl sites for hydroxylation is 1. The normalized spacial score (nSPS) is 17.4. The lowest BCUT2D eigenvalue weighted by Gasteiger charge is -2.23. The number of hydrogen-bond acceptors (Lipinski definition) is 2. The number of allylic oxidation sites excluding steroid dienone is 3. The largest absolute Gasteiger partial charge is 0.501 e. The molecule has 138 valence electrons. The third-order valence-corrected chi connectivity index (χ3v) is 5.22. The van der Waals surface area contributed by atoms with Crippen molar-refractivity contribution in [2.75, 3.05) is 14.2 Å². The molecule has 0 bridgehead atoms. The maximum atomic E-state index is 5.53. The highest BCUT2D eigenvalue weighted by atomic mass is 16.5. The number of ether oxygens (including phenoxy) is 2. The van der Waals surface area contributed by atoms with Gasteiger partial charge in [-0.05, 0) is 43.7 Å². The van der Waals surface area contributed by atoms with Gasteiger partial charge in [-0.2, -0.15) is 0 Å². The van der Waals surface area contributed by atoms with Crippen LogP contribution >= 0.6 is 0 Å². The van der Waals surface area contributed by atoms with Crippen LogP contribution in [0, 0.1) is 5.92 Å². The monoisotopic (exact) mass is 342 g/mol. The van der Waals surface area contributed by atoms with Crippen LogP contribution in [-0.4, -0.2) is 14.2 Å². The number of benzene rings is 1. The maximum absolute atomic E-state index is 5.53. The van der Waals surface area contributed by atoms with E-state index in [1.807, 2.05) is 0 Å². The second-order valence-corrected chi connectivity index (χ2v) is 7.10. The van der Waals surface area contributed by atoms with Gasteiger partial charge in [0.25, 0.3) is 0 Å². The van der Waals surface area contributed by atoms with E-state index in [0.29, 0.717) is 5.92 Å². The second kappa shape index (κ2) is 11.0. The molecule has 0 saturated heterocycles. The highest BCUT2D eigenvalue weighted by Crippen LogP contribution is 2.32. The van der Waals surface area contributed by atoms with Crippen LogP contribution in [0.1, 0.15) is 63.9 Å². The van der Waals surface area contributed by atoms with E-state index in [1.165, 1.54) is 56.9 Å². The smallest absolute Gasteiger partial charge is 0.121 e. The van der Waals surface area contributed by atoms with E-state index in [4.69, 9.17) is 9.47 Å². The van der Waals surface area contributed by atoms with Gasteiger partial charge in [-0.3, -0.25) is 0 Å². The summed E-state index contributed by atoms with van der Waals surface area (Å²) in [5.74, 6) is 2.64. The Morgan fingerprint density at radius 1 is 0.880 bits per heavy atom. The first-order valence-corrected chi connectivity index (χ1v) is 9.78. The van der Waals surface area contributed by atoms with Crippen LogP contribution in [0.2, 0.25) is 0 Å². The Morgan fingerprint density at radius 2 is 1.56 bits per heavy atom. The zero-order valence-corrected chi connectivity index (χ0v) is 16.2. The summed E-state index contributed by atoms with van der Waals surface area (Å²) in [5.41, 5.74) is 2.62. The fourth-order valence-corrected chi connectivity index (χ4v) is 3.66. The molecule has 2 heteroatoms. The zero-order chi connectivity index (χ0) is 17.9. The standard InChI is InChI=1S/C23H34O2/c1-19-22(24-2)17-21(18-23(19)25-3)16-10-7-5-4-6-9-13-20-14-11-8-12-15-20/h8,11-12,14-15,17,21H,4-7,9-10,13,16,18H2,1-3H3. The number of unbranched alkanes of at least 4 members (excludes halogenated alkanes) is 5. The maximum Gasteiger partial charge on any atom is 0.121 e. The zero-order valence-electron chi connectivity index (χ0n) is 16.2. The van der Waals surface area contributed by atoms with Crippen molar-refractivity contribution in [3.63, 3.8) is 0 Å². The highest BCUT2D eigenvalue weighted by molar-refractivity contribution is 5.31. The van der Waals surface area contributed by atoms with Crippen molar-refractivity contribution >= 4 is 0 Å². The van der Waals surface area contributed by atoms with Gasteiger partial charge >= 0.3 is 0 Å². The quantitative estimate of drug-likeness (QED) is 0.431. The highest BCUT2D eigenvalue weighted by Gasteiger charge is 2.20. The van der Waals surface area contributed by atoms with Crippen LogP contribution in [0.25, 0.3) is 0 Å². The Bertz CT molecular complexity index is 557. The molecule has 0 aliphatic heterocycles. The van der Waals surface area contributed by atoms with E-state index in [0.717, 1.165) is 23.5 Å². The van der Waals surface area contributed by atoms with Crippen LogP contribution in [0.15, 0.2) is 53.5 Å². The van der Waals surface area contributed by atoms with Crippen molar-refractivity contribution in [2.24, 2.45) is 5.92 Å². The number of hydrogen-bond donors (Lipinski definition) is 0. The van der Waals surface area contributed by atoms with Gasteiger partial charge in [-0.25, -0.2) is 0 Å². The molecule has 0 amide bonds. The Morgan fingerprint density at radius 3 is 2.24 bits per heavy atom. The van der Waals surface area contributed by atoms with Crippen molar-refractivity contribution in [1.29, 1.82) is 0 Å². The molecule has 0 saturated carbocycles. The summed E-state index contributed by atoms with van der Waals surface area (Å²) in [6.07, 6.45) is 13.8. The van der Waals surface area contributed by atoms with Crippen LogP contribution in [0.5, 0.6) is 0 Å². The summed E-state index contributed by atoms with van der Waals surface area (Å²) in [6.45, 7) is 2.08. The third-order valence-electron chi connectivity index (χ3n) is 5.22. The third kappa shape index (κ3) is 6.61. The van der Waals surface area contributed by atoms with Crippen molar-refractivity contribution in [3.05, 3.63) is 59.1 Å². The summed E-state index contributed by atoms with van der Waals surface area (Å²) in [6, 6.07) is 10.8. The molecule has 1 atom stereocenters. The van der Waals surface area contributed by atoms with Gasteiger partial charge in [-0.15, -0.1) is 0 Å². The molecule has 0 spiro atoms. The first-order valence-electron chi connectivity index (χ1n) is 9.78. The molecule has 1 aliphatic rings. The second-order valence-electron chi connectivity index (χ2n) is 7.10. The molecular weight excluding hydrogens is 308 g/mol. The predicted octanol–water partition coefficient (Wildman–Crippen LogP) is 6.43. The molecule has 1 aromatic carbocycles. The minimum absolute atomic E-state index is 0.562. The molecule has 1 aromatic rings. The first-order chi connectivity index (χ1) is 12.2. The summed E-state index contributed by atoms with van der Waals surface area (Å²) < 4.78 is 11.0. The van der Waals surface area contributed by atoms with E-state index < -0.39 is 0 Å². The number of rotatable bonds is 11. The molecule has 25 heavy (non-hydrogen) atoms. The van der Waals surface area contributed by atoms with Crippen LogP contribution in [-0.2, 0) is 15.9 Å². The van der Waals surface area contributed by atoms with Crippen molar-refractivity contribution in [3.8, 4) is 0 Å². The van der Waals surface area contributed by atoms with Crippen LogP contribution < -0.4 is 0 Å². The van der Waals surface area contributed by atoms with Crippen molar-refractivity contribution in [2.45, 2.75) is 64.7 Å².